The maximum atomic E-state index is 12.2. The minimum atomic E-state index is -0.323. The number of benzene rings is 1. The van der Waals surface area contributed by atoms with E-state index in [1.165, 1.54) is 0 Å². The summed E-state index contributed by atoms with van der Waals surface area (Å²) < 4.78 is 5.69. The summed E-state index contributed by atoms with van der Waals surface area (Å²) in [6.45, 7) is 1.61. The number of esters is 1. The first-order valence-electron chi connectivity index (χ1n) is 7.56. The molecule has 0 aliphatic carbocycles. The first-order chi connectivity index (χ1) is 10.1. The molecule has 4 heteroatoms. The van der Waals surface area contributed by atoms with Crippen molar-refractivity contribution in [3.63, 3.8) is 0 Å². The molecule has 4 nitrogen and oxygen atoms in total. The predicted octanol–water partition coefficient (Wildman–Crippen LogP) is 2.28. The van der Waals surface area contributed by atoms with Gasteiger partial charge in [0.05, 0.1) is 11.5 Å². The van der Waals surface area contributed by atoms with E-state index >= 15 is 0 Å². The van der Waals surface area contributed by atoms with E-state index in [1.54, 1.807) is 19.1 Å². The van der Waals surface area contributed by atoms with Crippen molar-refractivity contribution in [3.8, 4) is 0 Å². The Morgan fingerprint density at radius 3 is 2.57 bits per heavy atom. The number of ether oxygens (including phenoxy) is 1. The van der Waals surface area contributed by atoms with Gasteiger partial charge in [-0.05, 0) is 38.9 Å². The van der Waals surface area contributed by atoms with E-state index < -0.39 is 0 Å². The quantitative estimate of drug-likeness (QED) is 0.800. The zero-order valence-electron chi connectivity index (χ0n) is 12.5. The summed E-state index contributed by atoms with van der Waals surface area (Å²) in [5.41, 5.74) is 0.547. The van der Waals surface area contributed by atoms with Crippen molar-refractivity contribution in [1.29, 1.82) is 0 Å². The Hall–Kier alpha value is -1.68. The number of piperidine rings is 1. The van der Waals surface area contributed by atoms with Crippen molar-refractivity contribution in [2.45, 2.75) is 44.4 Å². The van der Waals surface area contributed by atoms with Crippen molar-refractivity contribution < 1.29 is 14.3 Å². The average Bonchev–Trinajstić information content (AvgIpc) is 2.72. The van der Waals surface area contributed by atoms with E-state index in [0.717, 1.165) is 19.3 Å². The van der Waals surface area contributed by atoms with Crippen LogP contribution in [0.3, 0.4) is 0 Å². The number of rotatable bonds is 3. The molecule has 0 saturated carbocycles. The van der Waals surface area contributed by atoms with Crippen LogP contribution < -0.4 is 0 Å². The summed E-state index contributed by atoms with van der Waals surface area (Å²) in [5, 5.41) is 0. The number of fused-ring (bicyclic) bond motifs is 2. The lowest BCUT2D eigenvalue weighted by atomic mass is 9.85. The smallest absolute Gasteiger partial charge is 0.338 e. The SMILES string of the molecule is CC(=O)C1C(OC(=O)c2ccccc2)CC2CCC1N2C. The Kier molecular flexibility index (Phi) is 3.81. The lowest BCUT2D eigenvalue weighted by Crippen LogP contribution is -2.52. The third-order valence-corrected chi connectivity index (χ3v) is 4.95. The molecule has 2 saturated heterocycles. The molecule has 2 heterocycles. The number of ketones is 1. The fourth-order valence-corrected chi connectivity index (χ4v) is 3.85. The highest BCUT2D eigenvalue weighted by Gasteiger charge is 2.49. The summed E-state index contributed by atoms with van der Waals surface area (Å²) in [6, 6.07) is 9.64. The summed E-state index contributed by atoms with van der Waals surface area (Å²) >= 11 is 0. The molecule has 1 aromatic carbocycles. The Morgan fingerprint density at radius 2 is 1.90 bits per heavy atom. The van der Waals surface area contributed by atoms with Gasteiger partial charge in [0.2, 0.25) is 0 Å². The number of Topliss-reactive ketones (excluding diaryl/α,β-unsaturated/α-hetero) is 1. The topological polar surface area (TPSA) is 46.6 Å². The Morgan fingerprint density at radius 1 is 1.19 bits per heavy atom. The molecule has 2 aliphatic rings. The molecular formula is C17H21NO3. The van der Waals surface area contributed by atoms with Crippen LogP contribution in [0.5, 0.6) is 0 Å². The van der Waals surface area contributed by atoms with Crippen LogP contribution in [0.15, 0.2) is 30.3 Å². The van der Waals surface area contributed by atoms with Gasteiger partial charge in [-0.3, -0.25) is 9.69 Å². The highest BCUT2D eigenvalue weighted by Crippen LogP contribution is 2.40. The minimum absolute atomic E-state index is 0.123. The molecule has 2 bridgehead atoms. The number of hydrogen-bond donors (Lipinski definition) is 0. The van der Waals surface area contributed by atoms with Crippen molar-refractivity contribution in [3.05, 3.63) is 35.9 Å². The second-order valence-corrected chi connectivity index (χ2v) is 6.15. The van der Waals surface area contributed by atoms with Gasteiger partial charge in [0, 0.05) is 18.5 Å². The Labute approximate surface area is 125 Å². The zero-order chi connectivity index (χ0) is 15.0. The molecule has 4 unspecified atom stereocenters. The molecular weight excluding hydrogens is 266 g/mol. The summed E-state index contributed by atoms with van der Waals surface area (Å²) in [7, 11) is 2.08. The highest BCUT2D eigenvalue weighted by atomic mass is 16.5. The van der Waals surface area contributed by atoms with Crippen molar-refractivity contribution in [2.75, 3.05) is 7.05 Å². The predicted molar refractivity (Wildman–Crippen MR) is 79.0 cm³/mol. The first kappa shape index (κ1) is 14.3. The van der Waals surface area contributed by atoms with Gasteiger partial charge in [-0.25, -0.2) is 4.79 Å². The fourth-order valence-electron chi connectivity index (χ4n) is 3.85. The average molecular weight is 287 g/mol. The molecule has 2 aliphatic heterocycles. The van der Waals surface area contributed by atoms with Gasteiger partial charge >= 0.3 is 5.97 Å². The van der Waals surface area contributed by atoms with Gasteiger partial charge in [0.1, 0.15) is 11.9 Å². The largest absolute Gasteiger partial charge is 0.458 e. The molecule has 0 N–H and O–H groups in total. The third kappa shape index (κ3) is 2.60. The van der Waals surface area contributed by atoms with Gasteiger partial charge in [0.25, 0.3) is 0 Å². The number of nitrogens with zero attached hydrogens (tertiary/aromatic N) is 1. The van der Waals surface area contributed by atoms with Gasteiger partial charge < -0.3 is 4.74 Å². The molecule has 0 spiro atoms. The molecule has 2 fully saturated rings. The highest BCUT2D eigenvalue weighted by molar-refractivity contribution is 5.90. The van der Waals surface area contributed by atoms with Crippen LogP contribution in [0, 0.1) is 5.92 Å². The van der Waals surface area contributed by atoms with E-state index in [1.807, 2.05) is 18.2 Å². The van der Waals surface area contributed by atoms with Crippen molar-refractivity contribution >= 4 is 11.8 Å². The molecule has 0 amide bonds. The summed E-state index contributed by atoms with van der Waals surface area (Å²) in [4.78, 5) is 26.6. The molecule has 3 rings (SSSR count). The van der Waals surface area contributed by atoms with Gasteiger partial charge in [-0.2, -0.15) is 0 Å². The summed E-state index contributed by atoms with van der Waals surface area (Å²) in [5.74, 6) is -0.393. The van der Waals surface area contributed by atoms with Gasteiger partial charge in [-0.15, -0.1) is 0 Å². The van der Waals surface area contributed by atoms with Crippen LogP contribution in [-0.4, -0.2) is 41.9 Å². The third-order valence-electron chi connectivity index (χ3n) is 4.95. The van der Waals surface area contributed by atoms with Crippen molar-refractivity contribution in [2.24, 2.45) is 5.92 Å². The van der Waals surface area contributed by atoms with E-state index in [4.69, 9.17) is 4.74 Å². The monoisotopic (exact) mass is 287 g/mol. The number of hydrogen-bond acceptors (Lipinski definition) is 4. The van der Waals surface area contributed by atoms with Gasteiger partial charge in [0.15, 0.2) is 0 Å². The first-order valence-corrected chi connectivity index (χ1v) is 7.56. The second kappa shape index (κ2) is 5.60. The standard InChI is InChI=1S/C17H21NO3/c1-11(19)16-14-9-8-13(18(14)2)10-15(16)21-17(20)12-6-4-3-5-7-12/h3-7,13-16H,8-10H2,1-2H3. The lowest BCUT2D eigenvalue weighted by molar-refractivity contribution is -0.130. The number of carbonyl (C=O) groups is 2. The van der Waals surface area contributed by atoms with E-state index in [2.05, 4.69) is 11.9 Å². The van der Waals surface area contributed by atoms with E-state index in [-0.39, 0.29) is 29.8 Å². The molecule has 1 aromatic rings. The molecule has 4 atom stereocenters. The molecule has 0 radical (unpaired) electrons. The molecule has 0 aromatic heterocycles. The number of carbonyl (C=O) groups excluding carboxylic acids is 2. The molecule has 21 heavy (non-hydrogen) atoms. The van der Waals surface area contributed by atoms with Crippen LogP contribution in [0.25, 0.3) is 0 Å². The van der Waals surface area contributed by atoms with Gasteiger partial charge in [-0.1, -0.05) is 18.2 Å². The lowest BCUT2D eigenvalue weighted by Gasteiger charge is -2.41. The maximum Gasteiger partial charge on any atom is 0.338 e. The van der Waals surface area contributed by atoms with Crippen LogP contribution in [-0.2, 0) is 9.53 Å². The maximum absolute atomic E-state index is 12.2. The van der Waals surface area contributed by atoms with Crippen molar-refractivity contribution in [1.82, 2.24) is 4.90 Å². The van der Waals surface area contributed by atoms with Crippen LogP contribution >= 0.6 is 0 Å². The second-order valence-electron chi connectivity index (χ2n) is 6.15. The van der Waals surface area contributed by atoms with Crippen LogP contribution in [0.1, 0.15) is 36.5 Å². The van der Waals surface area contributed by atoms with E-state index in [0.29, 0.717) is 11.6 Å². The normalized spacial score (nSPS) is 31.9. The zero-order valence-corrected chi connectivity index (χ0v) is 12.5. The molecule has 112 valence electrons. The van der Waals surface area contributed by atoms with Crippen LogP contribution in [0.4, 0.5) is 0 Å². The Balaban J connectivity index is 1.78. The fraction of sp³-hybridized carbons (Fsp3) is 0.529. The summed E-state index contributed by atoms with van der Waals surface area (Å²) in [6.07, 6.45) is 2.58. The minimum Gasteiger partial charge on any atom is -0.458 e. The Bertz CT molecular complexity index is 542. The van der Waals surface area contributed by atoms with E-state index in [9.17, 15) is 9.59 Å². The van der Waals surface area contributed by atoms with Crippen LogP contribution in [0.2, 0.25) is 0 Å².